The maximum atomic E-state index is 12.8. The fourth-order valence-electron chi connectivity index (χ4n) is 4.01. The molecule has 0 radical (unpaired) electrons. The van der Waals surface area contributed by atoms with Gasteiger partial charge in [0.1, 0.15) is 5.78 Å². The zero-order valence-corrected chi connectivity index (χ0v) is 14.9. The molecule has 0 spiro atoms. The molecule has 3 aromatic rings. The first kappa shape index (κ1) is 16.8. The molecule has 26 heavy (non-hydrogen) atoms. The molecule has 1 aromatic heterocycles. The average molecular weight is 345 g/mol. The van der Waals surface area contributed by atoms with Crippen LogP contribution in [0.1, 0.15) is 43.7 Å². The number of nitrogens with one attached hydrogen (secondary N) is 2. The first-order valence-electron chi connectivity index (χ1n) is 9.55. The van der Waals surface area contributed by atoms with Crippen molar-refractivity contribution in [1.82, 2.24) is 0 Å². The second kappa shape index (κ2) is 7.69. The van der Waals surface area contributed by atoms with Crippen LogP contribution in [0.2, 0.25) is 0 Å². The van der Waals surface area contributed by atoms with Gasteiger partial charge in [0, 0.05) is 29.7 Å². The number of aromatic amines is 1. The van der Waals surface area contributed by atoms with Crippen LogP contribution in [-0.2, 0) is 4.79 Å². The summed E-state index contributed by atoms with van der Waals surface area (Å²) in [6.07, 6.45) is 8.89. The fourth-order valence-corrected chi connectivity index (χ4v) is 4.01. The highest BCUT2D eigenvalue weighted by Crippen LogP contribution is 2.34. The Morgan fingerprint density at radius 3 is 2.69 bits per heavy atom. The molecule has 1 heterocycles. The Labute approximate surface area is 154 Å². The van der Waals surface area contributed by atoms with Gasteiger partial charge in [-0.3, -0.25) is 4.79 Å². The van der Waals surface area contributed by atoms with Crippen LogP contribution < -0.4 is 10.3 Å². The molecule has 0 amide bonds. The number of anilines is 1. The third-order valence-corrected chi connectivity index (χ3v) is 5.42. The number of Topliss-reactive ketones (excluding diaryl/α,β-unsaturated/α-hetero) is 1. The maximum Gasteiger partial charge on any atom is 0.172 e. The fraction of sp³-hybridized carbons (Fsp3) is 0.304. The summed E-state index contributed by atoms with van der Waals surface area (Å²) in [7, 11) is 0. The summed E-state index contributed by atoms with van der Waals surface area (Å²) in [5, 5.41) is 6.12. The molecule has 1 fully saturated rings. The number of fused-ring (bicyclic) bond motifs is 1. The minimum Gasteiger partial charge on any atom is -0.377 e. The van der Waals surface area contributed by atoms with Gasteiger partial charge in [-0.2, -0.15) is 0 Å². The largest absolute Gasteiger partial charge is 0.377 e. The van der Waals surface area contributed by atoms with E-state index in [0.717, 1.165) is 36.9 Å². The molecule has 3 nitrogen and oxygen atoms in total. The SMILES string of the molecule is O=C1CCCCCC1C(Nc1ccc2ccccc2c1)c1ccc[nH+]c1. The minimum absolute atomic E-state index is 0.000729. The highest BCUT2D eigenvalue weighted by atomic mass is 16.1. The molecule has 1 aliphatic carbocycles. The first-order valence-corrected chi connectivity index (χ1v) is 9.55. The molecule has 0 bridgehead atoms. The number of carbonyl (C=O) groups is 1. The van der Waals surface area contributed by atoms with E-state index < -0.39 is 0 Å². The monoisotopic (exact) mass is 345 g/mol. The molecule has 0 aliphatic heterocycles. The molecule has 1 saturated carbocycles. The van der Waals surface area contributed by atoms with E-state index in [0.29, 0.717) is 12.2 Å². The van der Waals surface area contributed by atoms with Crippen LogP contribution in [0.5, 0.6) is 0 Å². The van der Waals surface area contributed by atoms with Crippen molar-refractivity contribution in [3.8, 4) is 0 Å². The molecular weight excluding hydrogens is 320 g/mol. The Balaban J connectivity index is 1.68. The van der Waals surface area contributed by atoms with E-state index in [4.69, 9.17) is 0 Å². The maximum absolute atomic E-state index is 12.8. The van der Waals surface area contributed by atoms with Crippen LogP contribution in [0.15, 0.2) is 67.0 Å². The number of pyridine rings is 1. The highest BCUT2D eigenvalue weighted by Gasteiger charge is 2.31. The van der Waals surface area contributed by atoms with Crippen LogP contribution in [0.3, 0.4) is 0 Å². The lowest BCUT2D eigenvalue weighted by Gasteiger charge is -2.26. The van der Waals surface area contributed by atoms with E-state index in [1.807, 2.05) is 18.5 Å². The van der Waals surface area contributed by atoms with Crippen molar-refractivity contribution in [2.45, 2.75) is 38.1 Å². The number of carbonyl (C=O) groups excluding carboxylic acids is 1. The summed E-state index contributed by atoms with van der Waals surface area (Å²) >= 11 is 0. The summed E-state index contributed by atoms with van der Waals surface area (Å²) in [5.74, 6) is 0.421. The second-order valence-corrected chi connectivity index (χ2v) is 7.19. The van der Waals surface area contributed by atoms with Gasteiger partial charge in [0.15, 0.2) is 12.4 Å². The number of benzene rings is 2. The van der Waals surface area contributed by atoms with Crippen LogP contribution in [0.25, 0.3) is 10.8 Å². The van der Waals surface area contributed by atoms with Gasteiger partial charge in [-0.15, -0.1) is 0 Å². The topological polar surface area (TPSA) is 43.2 Å². The minimum atomic E-state index is -0.000729. The van der Waals surface area contributed by atoms with E-state index in [1.54, 1.807) is 0 Å². The van der Waals surface area contributed by atoms with E-state index in [1.165, 1.54) is 10.8 Å². The molecule has 3 heteroatoms. The molecular formula is C23H25N2O+. The Hall–Kier alpha value is -2.68. The van der Waals surface area contributed by atoms with Crippen molar-refractivity contribution in [3.05, 3.63) is 72.6 Å². The average Bonchev–Trinajstić information content (AvgIpc) is 2.91. The number of hydrogen-bond donors (Lipinski definition) is 1. The van der Waals surface area contributed by atoms with Crippen molar-refractivity contribution < 1.29 is 9.78 Å². The van der Waals surface area contributed by atoms with Gasteiger partial charge < -0.3 is 5.32 Å². The normalized spacial score (nSPS) is 19.1. The predicted octanol–water partition coefficient (Wildman–Crippen LogP) is 4.96. The van der Waals surface area contributed by atoms with Crippen molar-refractivity contribution in [2.75, 3.05) is 5.32 Å². The summed E-state index contributed by atoms with van der Waals surface area (Å²) in [4.78, 5) is 16.0. The van der Waals surface area contributed by atoms with Gasteiger partial charge in [-0.1, -0.05) is 43.2 Å². The number of hydrogen-bond acceptors (Lipinski definition) is 2. The van der Waals surface area contributed by atoms with Crippen LogP contribution in [-0.4, -0.2) is 5.78 Å². The third kappa shape index (κ3) is 3.62. The van der Waals surface area contributed by atoms with Crippen LogP contribution in [0.4, 0.5) is 5.69 Å². The number of ketones is 1. The molecule has 1 aliphatic rings. The summed E-state index contributed by atoms with van der Waals surface area (Å²) in [6.45, 7) is 0. The Morgan fingerprint density at radius 1 is 0.962 bits per heavy atom. The van der Waals surface area contributed by atoms with E-state index in [9.17, 15) is 4.79 Å². The molecule has 2 aromatic carbocycles. The van der Waals surface area contributed by atoms with E-state index in [2.05, 4.69) is 58.8 Å². The summed E-state index contributed by atoms with van der Waals surface area (Å²) in [6, 6.07) is 18.9. The van der Waals surface area contributed by atoms with Crippen LogP contribution in [0, 0.1) is 5.92 Å². The van der Waals surface area contributed by atoms with Gasteiger partial charge in [0.2, 0.25) is 0 Å². The molecule has 2 atom stereocenters. The zero-order valence-electron chi connectivity index (χ0n) is 14.9. The predicted molar refractivity (Wildman–Crippen MR) is 105 cm³/mol. The number of aromatic nitrogens is 1. The smallest absolute Gasteiger partial charge is 0.172 e. The lowest BCUT2D eigenvalue weighted by Crippen LogP contribution is -2.28. The number of rotatable bonds is 4. The standard InChI is InChI=1S/C23H24N2O/c26-22-11-3-1-2-10-21(22)23(19-9-6-14-24-16-19)25-20-13-12-17-7-4-5-8-18(17)15-20/h4-9,12-16,21,23,25H,1-3,10-11H2/p+1. The lowest BCUT2D eigenvalue weighted by molar-refractivity contribution is -0.378. The molecule has 2 N–H and O–H groups in total. The number of H-pyrrole nitrogens is 1. The van der Waals surface area contributed by atoms with Crippen molar-refractivity contribution in [1.29, 1.82) is 0 Å². The third-order valence-electron chi connectivity index (χ3n) is 5.42. The van der Waals surface area contributed by atoms with Crippen molar-refractivity contribution in [2.24, 2.45) is 5.92 Å². The van der Waals surface area contributed by atoms with E-state index in [-0.39, 0.29) is 12.0 Å². The van der Waals surface area contributed by atoms with Gasteiger partial charge >= 0.3 is 0 Å². The lowest BCUT2D eigenvalue weighted by atomic mass is 9.86. The summed E-state index contributed by atoms with van der Waals surface area (Å²) < 4.78 is 0. The van der Waals surface area contributed by atoms with Crippen molar-refractivity contribution >= 4 is 22.2 Å². The quantitative estimate of drug-likeness (QED) is 0.679. The molecule has 0 saturated heterocycles. The van der Waals surface area contributed by atoms with E-state index >= 15 is 0 Å². The van der Waals surface area contributed by atoms with Gasteiger partial charge in [-0.25, -0.2) is 4.98 Å². The second-order valence-electron chi connectivity index (χ2n) is 7.19. The Bertz CT molecular complexity index is 891. The Kier molecular flexibility index (Phi) is 4.96. The Morgan fingerprint density at radius 2 is 1.85 bits per heavy atom. The molecule has 4 rings (SSSR count). The highest BCUT2D eigenvalue weighted by molar-refractivity contribution is 5.86. The summed E-state index contributed by atoms with van der Waals surface area (Å²) in [5.41, 5.74) is 2.20. The van der Waals surface area contributed by atoms with Gasteiger partial charge in [0.05, 0.1) is 6.04 Å². The molecule has 2 unspecified atom stereocenters. The van der Waals surface area contributed by atoms with Crippen LogP contribution >= 0.6 is 0 Å². The van der Waals surface area contributed by atoms with Gasteiger partial charge in [0.25, 0.3) is 0 Å². The zero-order chi connectivity index (χ0) is 17.8. The molecule has 132 valence electrons. The van der Waals surface area contributed by atoms with Crippen molar-refractivity contribution in [3.63, 3.8) is 0 Å². The first-order chi connectivity index (χ1) is 12.8. The van der Waals surface area contributed by atoms with Gasteiger partial charge in [-0.05, 0) is 41.8 Å².